The number of aryl methyl sites for hydroxylation is 2. The van der Waals surface area contributed by atoms with Crippen molar-refractivity contribution in [1.82, 2.24) is 0 Å². The summed E-state index contributed by atoms with van der Waals surface area (Å²) in [6, 6.07) is 11.2. The number of hydrogen-bond donors (Lipinski definition) is 1. The van der Waals surface area contributed by atoms with Gasteiger partial charge in [0.05, 0.1) is 5.30 Å². The highest BCUT2D eigenvalue weighted by molar-refractivity contribution is 7.62. The molecule has 1 aliphatic rings. The van der Waals surface area contributed by atoms with Crippen molar-refractivity contribution < 1.29 is 14.0 Å². The third-order valence-electron chi connectivity index (χ3n) is 3.17. The maximum absolute atomic E-state index is 12.3. The fraction of sp³-hybridized carbons (Fsp3) is 0.143. The zero-order valence-electron chi connectivity index (χ0n) is 10.2. The van der Waals surface area contributed by atoms with Crippen molar-refractivity contribution in [3.8, 4) is 16.9 Å². The number of rotatable bonds is 0. The molecule has 0 saturated carbocycles. The first-order chi connectivity index (χ1) is 8.49. The smallest absolute Gasteiger partial charge is 0.409 e. The van der Waals surface area contributed by atoms with Crippen molar-refractivity contribution in [2.75, 3.05) is 0 Å². The Morgan fingerprint density at radius 3 is 2.67 bits per heavy atom. The molecule has 1 atom stereocenters. The summed E-state index contributed by atoms with van der Waals surface area (Å²) in [5, 5.41) is 0.420. The summed E-state index contributed by atoms with van der Waals surface area (Å²) < 4.78 is 17.6. The normalized spacial score (nSPS) is 20.8. The first-order valence-electron chi connectivity index (χ1n) is 5.72. The average Bonchev–Trinajstić information content (AvgIpc) is 2.29. The van der Waals surface area contributed by atoms with Crippen LogP contribution < -0.4 is 9.83 Å². The van der Waals surface area contributed by atoms with Gasteiger partial charge in [0.1, 0.15) is 5.75 Å². The molecule has 3 rings (SSSR count). The molecule has 0 aromatic heterocycles. The zero-order chi connectivity index (χ0) is 12.9. The van der Waals surface area contributed by atoms with Crippen molar-refractivity contribution in [2.24, 2.45) is 0 Å². The summed E-state index contributed by atoms with van der Waals surface area (Å²) in [5.74, 6) is 0.476. The van der Waals surface area contributed by atoms with Gasteiger partial charge in [-0.05, 0) is 31.5 Å². The van der Waals surface area contributed by atoms with Gasteiger partial charge in [0.15, 0.2) is 0 Å². The standard InChI is InChI=1S/C14H13O3P/c1-9-6-7-13-12(8-9)11-5-3-4-10(2)14(11)18(15,16)17-13/h3-8H,1-2H3,(H,15,16). The van der Waals surface area contributed by atoms with Crippen molar-refractivity contribution in [3.05, 3.63) is 47.5 Å². The molecular weight excluding hydrogens is 247 g/mol. The van der Waals surface area contributed by atoms with Gasteiger partial charge in [-0.25, -0.2) is 4.57 Å². The summed E-state index contributed by atoms with van der Waals surface area (Å²) >= 11 is 0. The van der Waals surface area contributed by atoms with Crippen molar-refractivity contribution in [2.45, 2.75) is 13.8 Å². The third kappa shape index (κ3) is 1.59. The first kappa shape index (κ1) is 11.5. The fourth-order valence-electron chi connectivity index (χ4n) is 2.36. The number of fused-ring (bicyclic) bond motifs is 3. The second-order valence-electron chi connectivity index (χ2n) is 4.58. The van der Waals surface area contributed by atoms with Crippen molar-refractivity contribution in [1.29, 1.82) is 0 Å². The average molecular weight is 260 g/mol. The van der Waals surface area contributed by atoms with Gasteiger partial charge < -0.3 is 9.42 Å². The molecule has 18 heavy (non-hydrogen) atoms. The lowest BCUT2D eigenvalue weighted by Crippen LogP contribution is -2.19. The van der Waals surface area contributed by atoms with E-state index in [9.17, 15) is 9.46 Å². The second-order valence-corrected chi connectivity index (χ2v) is 6.25. The molecule has 92 valence electrons. The molecular formula is C14H13O3P. The Kier molecular flexibility index (Phi) is 2.37. The molecule has 2 aromatic carbocycles. The third-order valence-corrected chi connectivity index (χ3v) is 4.77. The SMILES string of the molecule is Cc1ccc2c(c1)-c1cccc(C)c1P(=O)(O)O2. The Hall–Kier alpha value is -1.57. The lowest BCUT2D eigenvalue weighted by molar-refractivity contribution is 0.392. The molecule has 0 bridgehead atoms. The van der Waals surface area contributed by atoms with Crippen LogP contribution in [0.3, 0.4) is 0 Å². The highest BCUT2D eigenvalue weighted by Crippen LogP contribution is 2.52. The van der Waals surface area contributed by atoms with E-state index in [2.05, 4.69) is 0 Å². The molecule has 0 spiro atoms. The predicted octanol–water partition coefficient (Wildman–Crippen LogP) is 3.17. The lowest BCUT2D eigenvalue weighted by atomic mass is 10.0. The maximum atomic E-state index is 12.3. The Bertz CT molecular complexity index is 691. The van der Waals surface area contributed by atoms with Gasteiger partial charge >= 0.3 is 7.60 Å². The van der Waals surface area contributed by atoms with Gasteiger partial charge in [-0.1, -0.05) is 29.8 Å². The van der Waals surface area contributed by atoms with Crippen LogP contribution >= 0.6 is 7.60 Å². The van der Waals surface area contributed by atoms with Crippen LogP contribution in [0, 0.1) is 13.8 Å². The van der Waals surface area contributed by atoms with Crippen LogP contribution in [0.25, 0.3) is 11.1 Å². The molecule has 1 aliphatic heterocycles. The summed E-state index contributed by atoms with van der Waals surface area (Å²) in [4.78, 5) is 10.1. The zero-order valence-corrected chi connectivity index (χ0v) is 11.1. The van der Waals surface area contributed by atoms with E-state index in [1.165, 1.54) is 0 Å². The molecule has 0 amide bonds. The minimum atomic E-state index is -3.76. The van der Waals surface area contributed by atoms with Crippen molar-refractivity contribution >= 4 is 12.9 Å². The fourth-order valence-corrected chi connectivity index (χ4v) is 3.90. The molecule has 1 heterocycles. The molecule has 0 radical (unpaired) electrons. The summed E-state index contributed by atoms with van der Waals surface area (Å²) in [7, 11) is -3.76. The predicted molar refractivity (Wildman–Crippen MR) is 71.4 cm³/mol. The second kappa shape index (κ2) is 3.71. The topological polar surface area (TPSA) is 46.5 Å². The van der Waals surface area contributed by atoms with E-state index in [1.807, 2.05) is 44.2 Å². The van der Waals surface area contributed by atoms with Crippen LogP contribution in [0.2, 0.25) is 0 Å². The highest BCUT2D eigenvalue weighted by atomic mass is 31.2. The molecule has 0 aliphatic carbocycles. The van der Waals surface area contributed by atoms with Crippen LogP contribution in [0.4, 0.5) is 0 Å². The summed E-state index contributed by atoms with van der Waals surface area (Å²) in [6.45, 7) is 3.81. The Labute approximate surface area is 106 Å². The lowest BCUT2D eigenvalue weighted by Gasteiger charge is -2.26. The number of benzene rings is 2. The summed E-state index contributed by atoms with van der Waals surface area (Å²) in [6.07, 6.45) is 0. The minimum Gasteiger partial charge on any atom is -0.421 e. The molecule has 0 fully saturated rings. The summed E-state index contributed by atoms with van der Waals surface area (Å²) in [5.41, 5.74) is 3.56. The van der Waals surface area contributed by atoms with Gasteiger partial charge in [-0.2, -0.15) is 0 Å². The van der Waals surface area contributed by atoms with Gasteiger partial charge in [-0.3, -0.25) is 0 Å². The maximum Gasteiger partial charge on any atom is 0.409 e. The van der Waals surface area contributed by atoms with Gasteiger partial charge in [0.25, 0.3) is 0 Å². The molecule has 3 nitrogen and oxygen atoms in total. The van der Waals surface area contributed by atoms with Gasteiger partial charge in [-0.15, -0.1) is 0 Å². The van der Waals surface area contributed by atoms with Gasteiger partial charge in [0, 0.05) is 11.1 Å². The van der Waals surface area contributed by atoms with Gasteiger partial charge in [0.2, 0.25) is 0 Å². The monoisotopic (exact) mass is 260 g/mol. The van der Waals surface area contributed by atoms with E-state index >= 15 is 0 Å². The molecule has 4 heteroatoms. The van der Waals surface area contributed by atoms with E-state index in [0.717, 1.165) is 22.3 Å². The van der Waals surface area contributed by atoms with E-state index in [-0.39, 0.29) is 0 Å². The molecule has 2 aromatic rings. The highest BCUT2D eigenvalue weighted by Gasteiger charge is 2.35. The van der Waals surface area contributed by atoms with Crippen LogP contribution in [-0.4, -0.2) is 4.89 Å². The molecule has 1 unspecified atom stereocenters. The first-order valence-corrected chi connectivity index (χ1v) is 7.30. The van der Waals surface area contributed by atoms with E-state index in [0.29, 0.717) is 11.1 Å². The van der Waals surface area contributed by atoms with Crippen LogP contribution in [0.5, 0.6) is 5.75 Å². The largest absolute Gasteiger partial charge is 0.421 e. The van der Waals surface area contributed by atoms with Crippen molar-refractivity contribution in [3.63, 3.8) is 0 Å². The molecule has 0 saturated heterocycles. The van der Waals surface area contributed by atoms with E-state index in [4.69, 9.17) is 4.52 Å². The van der Waals surface area contributed by atoms with Crippen LogP contribution in [0.15, 0.2) is 36.4 Å². The Balaban J connectivity index is 2.40. The Morgan fingerprint density at radius 1 is 1.11 bits per heavy atom. The Morgan fingerprint density at radius 2 is 1.89 bits per heavy atom. The molecule has 1 N–H and O–H groups in total. The minimum absolute atomic E-state index is 0.420. The van der Waals surface area contributed by atoms with E-state index < -0.39 is 7.60 Å². The quantitative estimate of drug-likeness (QED) is 0.740. The number of hydrogen-bond acceptors (Lipinski definition) is 2. The van der Waals surface area contributed by atoms with Crippen LogP contribution in [0.1, 0.15) is 11.1 Å². The van der Waals surface area contributed by atoms with E-state index in [1.54, 1.807) is 6.07 Å². The van der Waals surface area contributed by atoms with Crippen LogP contribution in [-0.2, 0) is 4.57 Å².